The van der Waals surface area contributed by atoms with E-state index in [2.05, 4.69) is 9.97 Å². The average molecular weight is 218 g/mol. The van der Waals surface area contributed by atoms with Crippen molar-refractivity contribution in [2.45, 2.75) is 11.9 Å². The molecule has 0 saturated carbocycles. The number of aryl methyl sites for hydroxylation is 1. The van der Waals surface area contributed by atoms with Crippen molar-refractivity contribution in [1.29, 1.82) is 5.26 Å². The Morgan fingerprint density at radius 2 is 2.23 bits per heavy atom. The zero-order chi connectivity index (χ0) is 10.1. The number of nitriles is 1. The molecule has 7 heteroatoms. The SMILES string of the molecule is Cc1ncc(C#N)c(S(=O)(=O)Cl)n1. The fourth-order valence-electron chi connectivity index (χ4n) is 0.712. The minimum Gasteiger partial charge on any atom is -0.240 e. The third kappa shape index (κ3) is 2.14. The second-order valence-electron chi connectivity index (χ2n) is 2.19. The van der Waals surface area contributed by atoms with E-state index in [1.165, 1.54) is 6.92 Å². The van der Waals surface area contributed by atoms with E-state index in [0.717, 1.165) is 6.20 Å². The maximum atomic E-state index is 10.9. The van der Waals surface area contributed by atoms with Crippen LogP contribution >= 0.6 is 10.7 Å². The molecule has 0 aliphatic heterocycles. The van der Waals surface area contributed by atoms with Crippen molar-refractivity contribution < 1.29 is 8.42 Å². The van der Waals surface area contributed by atoms with Crippen molar-refractivity contribution >= 4 is 19.7 Å². The molecule has 13 heavy (non-hydrogen) atoms. The summed E-state index contributed by atoms with van der Waals surface area (Å²) in [5, 5.41) is 8.08. The maximum Gasteiger partial charge on any atom is 0.280 e. The van der Waals surface area contributed by atoms with Gasteiger partial charge in [0.15, 0.2) is 5.03 Å². The van der Waals surface area contributed by atoms with Crippen LogP contribution in [-0.2, 0) is 9.05 Å². The van der Waals surface area contributed by atoms with Crippen molar-refractivity contribution in [3.05, 3.63) is 17.6 Å². The van der Waals surface area contributed by atoms with E-state index < -0.39 is 14.1 Å². The summed E-state index contributed by atoms with van der Waals surface area (Å²) in [4.78, 5) is 7.23. The molecule has 1 aromatic rings. The van der Waals surface area contributed by atoms with Gasteiger partial charge in [-0.3, -0.25) is 0 Å². The Bertz CT molecular complexity index is 477. The highest BCUT2D eigenvalue weighted by atomic mass is 35.7. The van der Waals surface area contributed by atoms with Gasteiger partial charge in [0.05, 0.1) is 0 Å². The zero-order valence-corrected chi connectivity index (χ0v) is 8.09. The summed E-state index contributed by atoms with van der Waals surface area (Å²) >= 11 is 0. The Morgan fingerprint density at radius 1 is 1.62 bits per heavy atom. The molecule has 0 amide bonds. The summed E-state index contributed by atoms with van der Waals surface area (Å²) in [6.45, 7) is 1.51. The van der Waals surface area contributed by atoms with Gasteiger partial charge in [0.2, 0.25) is 0 Å². The third-order valence-electron chi connectivity index (χ3n) is 1.23. The number of hydrogen-bond donors (Lipinski definition) is 0. The van der Waals surface area contributed by atoms with Gasteiger partial charge in [-0.2, -0.15) is 5.26 Å². The van der Waals surface area contributed by atoms with Crippen LogP contribution in [0, 0.1) is 18.3 Å². The van der Waals surface area contributed by atoms with Crippen LogP contribution in [0.4, 0.5) is 0 Å². The summed E-state index contributed by atoms with van der Waals surface area (Å²) in [5.74, 6) is 0.248. The van der Waals surface area contributed by atoms with Crippen molar-refractivity contribution in [3.63, 3.8) is 0 Å². The molecule has 0 N–H and O–H groups in total. The van der Waals surface area contributed by atoms with Crippen LogP contribution in [0.25, 0.3) is 0 Å². The topological polar surface area (TPSA) is 83.7 Å². The number of rotatable bonds is 1. The molecule has 0 aliphatic rings. The first kappa shape index (κ1) is 9.89. The Hall–Kier alpha value is -1.19. The normalized spacial score (nSPS) is 10.8. The molecule has 5 nitrogen and oxygen atoms in total. The third-order valence-corrected chi connectivity index (χ3v) is 2.44. The summed E-state index contributed by atoms with van der Waals surface area (Å²) < 4.78 is 21.8. The van der Waals surface area contributed by atoms with E-state index in [0.29, 0.717) is 0 Å². The maximum absolute atomic E-state index is 10.9. The fourth-order valence-corrected chi connectivity index (χ4v) is 1.67. The van der Waals surface area contributed by atoms with E-state index in [-0.39, 0.29) is 11.4 Å². The molecule has 0 spiro atoms. The summed E-state index contributed by atoms with van der Waals surface area (Å²) in [6.07, 6.45) is 1.12. The van der Waals surface area contributed by atoms with Crippen molar-refractivity contribution in [2.75, 3.05) is 0 Å². The Labute approximate surface area is 79.4 Å². The lowest BCUT2D eigenvalue weighted by molar-refractivity contribution is 0.604. The summed E-state index contributed by atoms with van der Waals surface area (Å²) in [5.41, 5.74) is -0.152. The van der Waals surface area contributed by atoms with E-state index >= 15 is 0 Å². The minimum absolute atomic E-state index is 0.152. The monoisotopic (exact) mass is 217 g/mol. The lowest BCUT2D eigenvalue weighted by Crippen LogP contribution is -2.02. The molecule has 0 unspecified atom stereocenters. The largest absolute Gasteiger partial charge is 0.280 e. The van der Waals surface area contributed by atoms with E-state index in [1.54, 1.807) is 6.07 Å². The molecule has 0 saturated heterocycles. The molecular formula is C6H4ClN3O2S. The first-order valence-electron chi connectivity index (χ1n) is 3.13. The van der Waals surface area contributed by atoms with E-state index in [9.17, 15) is 8.42 Å². The van der Waals surface area contributed by atoms with Crippen LogP contribution in [0.3, 0.4) is 0 Å². The van der Waals surface area contributed by atoms with Crippen LogP contribution in [0.5, 0.6) is 0 Å². The van der Waals surface area contributed by atoms with Crippen LogP contribution in [0.1, 0.15) is 11.4 Å². The number of aromatic nitrogens is 2. The molecule has 1 aromatic heterocycles. The van der Waals surface area contributed by atoms with Crippen molar-refractivity contribution in [3.8, 4) is 6.07 Å². The van der Waals surface area contributed by atoms with Gasteiger partial charge in [0.1, 0.15) is 17.5 Å². The van der Waals surface area contributed by atoms with Crippen molar-refractivity contribution in [1.82, 2.24) is 9.97 Å². The number of hydrogen-bond acceptors (Lipinski definition) is 5. The van der Waals surface area contributed by atoms with Gasteiger partial charge in [0, 0.05) is 16.9 Å². The number of halogens is 1. The van der Waals surface area contributed by atoms with E-state index in [1.807, 2.05) is 0 Å². The molecule has 1 rings (SSSR count). The van der Waals surface area contributed by atoms with Crippen LogP contribution < -0.4 is 0 Å². The van der Waals surface area contributed by atoms with Gasteiger partial charge in [-0.1, -0.05) is 0 Å². The highest BCUT2D eigenvalue weighted by molar-refractivity contribution is 8.13. The molecule has 0 bridgehead atoms. The van der Waals surface area contributed by atoms with Gasteiger partial charge in [-0.25, -0.2) is 18.4 Å². The molecule has 0 aromatic carbocycles. The second-order valence-corrected chi connectivity index (χ2v) is 4.67. The van der Waals surface area contributed by atoms with Gasteiger partial charge in [-0.15, -0.1) is 0 Å². The highest BCUT2D eigenvalue weighted by Gasteiger charge is 2.18. The molecule has 0 aliphatic carbocycles. The van der Waals surface area contributed by atoms with Gasteiger partial charge >= 0.3 is 0 Å². The lowest BCUT2D eigenvalue weighted by Gasteiger charge is -1.98. The van der Waals surface area contributed by atoms with Crippen LogP contribution in [0.15, 0.2) is 11.2 Å². The predicted octanol–water partition coefficient (Wildman–Crippen LogP) is 0.584. The smallest absolute Gasteiger partial charge is 0.240 e. The van der Waals surface area contributed by atoms with Crippen LogP contribution in [0.2, 0.25) is 0 Å². The molecule has 68 valence electrons. The van der Waals surface area contributed by atoms with Crippen molar-refractivity contribution in [2.24, 2.45) is 0 Å². The molecule has 0 radical (unpaired) electrons. The molecule has 1 heterocycles. The minimum atomic E-state index is -3.97. The zero-order valence-electron chi connectivity index (χ0n) is 6.52. The number of nitrogens with zero attached hydrogens (tertiary/aromatic N) is 3. The highest BCUT2D eigenvalue weighted by Crippen LogP contribution is 2.15. The van der Waals surface area contributed by atoms with Gasteiger partial charge < -0.3 is 0 Å². The summed E-state index contributed by atoms with van der Waals surface area (Å²) in [6, 6.07) is 1.64. The Morgan fingerprint density at radius 3 is 2.69 bits per heavy atom. The molecule has 0 atom stereocenters. The average Bonchev–Trinajstić information content (AvgIpc) is 2.03. The lowest BCUT2D eigenvalue weighted by atomic mass is 10.4. The standard InChI is InChI=1S/C6H4ClN3O2S/c1-4-9-3-5(2-8)6(10-4)13(7,11)12/h3H,1H3. The second kappa shape index (κ2) is 3.28. The van der Waals surface area contributed by atoms with Gasteiger partial charge in [-0.05, 0) is 6.92 Å². The fraction of sp³-hybridized carbons (Fsp3) is 0.167. The molecule has 0 fully saturated rings. The molecular weight excluding hydrogens is 214 g/mol. The van der Waals surface area contributed by atoms with E-state index in [4.69, 9.17) is 15.9 Å². The quantitative estimate of drug-likeness (QED) is 0.508. The Balaban J connectivity index is 3.53. The first-order chi connectivity index (χ1) is 5.95. The summed E-state index contributed by atoms with van der Waals surface area (Å²) in [7, 11) is 1.08. The first-order valence-corrected chi connectivity index (χ1v) is 5.44. The Kier molecular flexibility index (Phi) is 2.50. The predicted molar refractivity (Wildman–Crippen MR) is 44.5 cm³/mol. The van der Waals surface area contributed by atoms with Gasteiger partial charge in [0.25, 0.3) is 9.05 Å². The van der Waals surface area contributed by atoms with Crippen LogP contribution in [-0.4, -0.2) is 18.4 Å².